The molecule has 1 unspecified atom stereocenters. The fourth-order valence-electron chi connectivity index (χ4n) is 5.43. The highest BCUT2D eigenvalue weighted by molar-refractivity contribution is 6.05. The van der Waals surface area contributed by atoms with E-state index in [0.29, 0.717) is 44.0 Å². The van der Waals surface area contributed by atoms with Gasteiger partial charge in [0, 0.05) is 56.8 Å². The summed E-state index contributed by atoms with van der Waals surface area (Å²) in [5.74, 6) is -0.0623. The zero-order valence-electron chi connectivity index (χ0n) is 19.3. The molecule has 0 radical (unpaired) electrons. The molecule has 5 rings (SSSR count). The molecular weight excluding hydrogens is 458 g/mol. The number of amides is 4. The van der Waals surface area contributed by atoms with E-state index >= 15 is 0 Å². The molecule has 0 aromatic heterocycles. The number of piperazine rings is 1. The Morgan fingerprint density at radius 1 is 1.00 bits per heavy atom. The van der Waals surface area contributed by atoms with Crippen molar-refractivity contribution in [1.82, 2.24) is 20.4 Å². The number of anilines is 1. The van der Waals surface area contributed by atoms with Crippen molar-refractivity contribution in [2.24, 2.45) is 5.92 Å². The van der Waals surface area contributed by atoms with Gasteiger partial charge >= 0.3 is 0 Å². The Kier molecular flexibility index (Phi) is 7.42. The molecule has 34 heavy (non-hydrogen) atoms. The quantitative estimate of drug-likeness (QED) is 0.609. The molecule has 184 valence electrons. The lowest BCUT2D eigenvalue weighted by Gasteiger charge is -2.37. The number of benzene rings is 1. The van der Waals surface area contributed by atoms with Gasteiger partial charge in [0.1, 0.15) is 6.04 Å². The van der Waals surface area contributed by atoms with Gasteiger partial charge in [-0.15, -0.1) is 12.4 Å². The highest BCUT2D eigenvalue weighted by atomic mass is 35.5. The molecule has 3 saturated heterocycles. The summed E-state index contributed by atoms with van der Waals surface area (Å²) in [5, 5.41) is 5.69. The number of hydrogen-bond acceptors (Lipinski definition) is 6. The highest BCUT2D eigenvalue weighted by Crippen LogP contribution is 2.31. The summed E-state index contributed by atoms with van der Waals surface area (Å²) in [6.07, 6.45) is 3.43. The molecule has 0 spiro atoms. The second kappa shape index (κ2) is 10.3. The van der Waals surface area contributed by atoms with E-state index in [1.165, 1.54) is 0 Å². The van der Waals surface area contributed by atoms with Gasteiger partial charge in [0.05, 0.1) is 0 Å². The van der Waals surface area contributed by atoms with Crippen LogP contribution in [0.3, 0.4) is 0 Å². The molecule has 1 atom stereocenters. The molecule has 10 heteroatoms. The Balaban J connectivity index is 0.00000274. The number of rotatable bonds is 4. The van der Waals surface area contributed by atoms with Crippen LogP contribution in [0.4, 0.5) is 5.69 Å². The molecule has 4 heterocycles. The summed E-state index contributed by atoms with van der Waals surface area (Å²) in [6.45, 7) is 5.34. The van der Waals surface area contributed by atoms with Crippen LogP contribution < -0.4 is 15.5 Å². The molecule has 4 aliphatic heterocycles. The number of nitrogens with zero attached hydrogens (tertiary/aromatic N) is 3. The molecule has 0 aliphatic carbocycles. The van der Waals surface area contributed by atoms with Crippen molar-refractivity contribution in [2.45, 2.75) is 44.7 Å². The van der Waals surface area contributed by atoms with Crippen LogP contribution in [0, 0.1) is 5.92 Å². The lowest BCUT2D eigenvalue weighted by molar-refractivity contribution is -0.137. The van der Waals surface area contributed by atoms with E-state index in [1.807, 2.05) is 23.1 Å². The topological polar surface area (TPSA) is 102 Å². The number of imide groups is 1. The maximum Gasteiger partial charge on any atom is 0.255 e. The second-order valence-corrected chi connectivity index (χ2v) is 9.51. The third-order valence-corrected chi connectivity index (χ3v) is 7.43. The van der Waals surface area contributed by atoms with Crippen molar-refractivity contribution in [3.63, 3.8) is 0 Å². The number of piperidine rings is 2. The van der Waals surface area contributed by atoms with Crippen molar-refractivity contribution in [3.8, 4) is 0 Å². The minimum absolute atomic E-state index is 0. The first-order valence-electron chi connectivity index (χ1n) is 12.0. The molecular formula is C24H32ClN5O4. The average Bonchev–Trinajstić information content (AvgIpc) is 3.15. The van der Waals surface area contributed by atoms with Gasteiger partial charge in [0.2, 0.25) is 17.7 Å². The van der Waals surface area contributed by atoms with Crippen LogP contribution in [0.25, 0.3) is 0 Å². The first kappa shape index (κ1) is 24.5. The van der Waals surface area contributed by atoms with Gasteiger partial charge in [-0.1, -0.05) is 0 Å². The predicted octanol–water partition coefficient (Wildman–Crippen LogP) is 0.908. The maximum atomic E-state index is 12.9. The summed E-state index contributed by atoms with van der Waals surface area (Å²) in [4.78, 5) is 55.1. The lowest BCUT2D eigenvalue weighted by Crippen LogP contribution is -2.52. The van der Waals surface area contributed by atoms with E-state index in [1.54, 1.807) is 4.90 Å². The molecule has 4 aliphatic rings. The van der Waals surface area contributed by atoms with Crippen LogP contribution in [0.2, 0.25) is 0 Å². The fraction of sp³-hybridized carbons (Fsp3) is 0.583. The van der Waals surface area contributed by atoms with Gasteiger partial charge in [0.25, 0.3) is 5.91 Å². The molecule has 4 amide bonds. The van der Waals surface area contributed by atoms with Crippen molar-refractivity contribution in [2.75, 3.05) is 44.2 Å². The van der Waals surface area contributed by atoms with Crippen LogP contribution >= 0.6 is 12.4 Å². The normalized spacial score (nSPS) is 23.5. The molecule has 1 aromatic rings. The van der Waals surface area contributed by atoms with Crippen LogP contribution in [-0.2, 0) is 20.9 Å². The summed E-state index contributed by atoms with van der Waals surface area (Å²) >= 11 is 0. The SMILES string of the molecule is Cl.O=C1CCC(N2Cc3cc(N4CCN(C(=O)CC5CCNCC5)CC4)ccc3C2=O)C(=O)N1. The van der Waals surface area contributed by atoms with Gasteiger partial charge in [-0.25, -0.2) is 0 Å². The largest absolute Gasteiger partial charge is 0.368 e. The summed E-state index contributed by atoms with van der Waals surface area (Å²) in [6, 6.07) is 5.23. The maximum absolute atomic E-state index is 12.9. The molecule has 9 nitrogen and oxygen atoms in total. The average molecular weight is 490 g/mol. The van der Waals surface area contributed by atoms with E-state index < -0.39 is 11.9 Å². The van der Waals surface area contributed by atoms with Crippen molar-refractivity contribution >= 4 is 41.7 Å². The first-order chi connectivity index (χ1) is 16.0. The monoisotopic (exact) mass is 489 g/mol. The molecule has 1 aromatic carbocycles. The number of nitrogens with one attached hydrogen (secondary N) is 2. The minimum atomic E-state index is -0.597. The summed E-state index contributed by atoms with van der Waals surface area (Å²) < 4.78 is 0. The molecule has 3 fully saturated rings. The number of halogens is 1. The summed E-state index contributed by atoms with van der Waals surface area (Å²) in [5.41, 5.74) is 2.57. The fourth-order valence-corrected chi connectivity index (χ4v) is 5.43. The third-order valence-electron chi connectivity index (χ3n) is 7.43. The zero-order chi connectivity index (χ0) is 22.9. The van der Waals surface area contributed by atoms with E-state index in [2.05, 4.69) is 15.5 Å². The van der Waals surface area contributed by atoms with E-state index in [-0.39, 0.29) is 36.5 Å². The smallest absolute Gasteiger partial charge is 0.255 e. The van der Waals surface area contributed by atoms with Crippen molar-refractivity contribution < 1.29 is 19.2 Å². The number of carbonyl (C=O) groups excluding carboxylic acids is 4. The van der Waals surface area contributed by atoms with Crippen LogP contribution in [0.15, 0.2) is 18.2 Å². The van der Waals surface area contributed by atoms with E-state index in [9.17, 15) is 19.2 Å². The summed E-state index contributed by atoms with van der Waals surface area (Å²) in [7, 11) is 0. The highest BCUT2D eigenvalue weighted by Gasteiger charge is 2.39. The Morgan fingerprint density at radius 2 is 1.74 bits per heavy atom. The molecule has 0 saturated carbocycles. The van der Waals surface area contributed by atoms with Crippen LogP contribution in [-0.4, -0.2) is 78.7 Å². The van der Waals surface area contributed by atoms with Crippen molar-refractivity contribution in [3.05, 3.63) is 29.3 Å². The molecule has 0 bridgehead atoms. The zero-order valence-corrected chi connectivity index (χ0v) is 20.1. The van der Waals surface area contributed by atoms with Gasteiger partial charge in [0.15, 0.2) is 0 Å². The number of hydrogen-bond donors (Lipinski definition) is 2. The van der Waals surface area contributed by atoms with Gasteiger partial charge in [-0.05, 0) is 62.0 Å². The lowest BCUT2D eigenvalue weighted by atomic mass is 9.94. The number of fused-ring (bicyclic) bond motifs is 1. The first-order valence-corrected chi connectivity index (χ1v) is 12.0. The van der Waals surface area contributed by atoms with Gasteiger partial charge < -0.3 is 20.0 Å². The Bertz CT molecular complexity index is 972. The Hall–Kier alpha value is -2.65. The van der Waals surface area contributed by atoms with E-state index in [0.717, 1.165) is 50.3 Å². The Morgan fingerprint density at radius 3 is 2.44 bits per heavy atom. The second-order valence-electron chi connectivity index (χ2n) is 9.51. The van der Waals surface area contributed by atoms with Crippen LogP contribution in [0.1, 0.15) is 48.0 Å². The standard InChI is InChI=1S/C24H31N5O4.ClH/c30-21-4-3-20(23(32)26-21)29-15-17-14-18(1-2-19(17)24(29)33)27-9-11-28(12-10-27)22(31)13-16-5-7-25-8-6-16;/h1-2,14,16,20,25H,3-13,15H2,(H,26,30,32);1H. The van der Waals surface area contributed by atoms with E-state index in [4.69, 9.17) is 0 Å². The van der Waals surface area contributed by atoms with Gasteiger partial charge in [-0.3, -0.25) is 24.5 Å². The van der Waals surface area contributed by atoms with Gasteiger partial charge in [-0.2, -0.15) is 0 Å². The Labute approximate surface area is 205 Å². The predicted molar refractivity (Wildman–Crippen MR) is 129 cm³/mol. The third kappa shape index (κ3) is 4.90. The van der Waals surface area contributed by atoms with Crippen molar-refractivity contribution in [1.29, 1.82) is 0 Å². The minimum Gasteiger partial charge on any atom is -0.368 e. The molecule has 2 N–H and O–H groups in total. The number of carbonyl (C=O) groups is 4. The van der Waals surface area contributed by atoms with Crippen LogP contribution in [0.5, 0.6) is 0 Å².